The van der Waals surface area contributed by atoms with Crippen molar-refractivity contribution in [2.75, 3.05) is 5.32 Å². The van der Waals surface area contributed by atoms with E-state index in [0.717, 1.165) is 23.2 Å². The monoisotopic (exact) mass is 347 g/mol. The third kappa shape index (κ3) is 4.97. The van der Waals surface area contributed by atoms with E-state index in [-0.39, 0.29) is 11.6 Å². The van der Waals surface area contributed by atoms with Crippen molar-refractivity contribution < 1.29 is 4.79 Å². The summed E-state index contributed by atoms with van der Waals surface area (Å²) in [6, 6.07) is 15.8. The van der Waals surface area contributed by atoms with E-state index in [1.807, 2.05) is 57.2 Å². The number of carbonyl (C=O) groups is 1. The second-order valence-corrected chi connectivity index (χ2v) is 6.40. The quantitative estimate of drug-likeness (QED) is 0.594. The molecule has 0 saturated carbocycles. The highest BCUT2D eigenvalue weighted by Crippen LogP contribution is 2.16. The number of rotatable bonds is 6. The van der Waals surface area contributed by atoms with E-state index in [4.69, 9.17) is 0 Å². The van der Waals surface area contributed by atoms with E-state index in [0.29, 0.717) is 0 Å². The highest BCUT2D eigenvalue weighted by molar-refractivity contribution is 5.97. The zero-order chi connectivity index (χ0) is 19.1. The molecule has 0 saturated heterocycles. The van der Waals surface area contributed by atoms with Crippen LogP contribution in [-0.4, -0.2) is 5.91 Å². The van der Waals surface area contributed by atoms with Crippen LogP contribution in [-0.2, 0) is 11.2 Å². The average molecular weight is 347 g/mol. The Balaban J connectivity index is 2.04. The first kappa shape index (κ1) is 19.3. The largest absolute Gasteiger partial charge is 0.360 e. The van der Waals surface area contributed by atoms with Crippen LogP contribution in [0.4, 0.5) is 5.69 Å². The minimum atomic E-state index is -0.393. The Kier molecular flexibility index (Phi) is 6.57. The lowest BCUT2D eigenvalue weighted by molar-refractivity contribution is -0.117. The standard InChI is InChI=1S/C22H25N3O/c1-5-18-7-9-19(10-8-18)17(4)25-22(26)20(13-23)14-24-21-11-6-15(2)16(3)12-21/h6-12,14,17,24H,5H2,1-4H3,(H,25,26)/b20-14-. The minimum absolute atomic E-state index is 0.0419. The first-order chi connectivity index (χ1) is 12.4. The molecule has 0 spiro atoms. The molecule has 0 radical (unpaired) electrons. The molecule has 0 aromatic heterocycles. The summed E-state index contributed by atoms with van der Waals surface area (Å²) in [5, 5.41) is 15.2. The first-order valence-electron chi connectivity index (χ1n) is 8.78. The van der Waals surface area contributed by atoms with Gasteiger partial charge in [-0.05, 0) is 61.6 Å². The predicted molar refractivity (Wildman–Crippen MR) is 106 cm³/mol. The van der Waals surface area contributed by atoms with Gasteiger partial charge in [0.1, 0.15) is 11.6 Å². The topological polar surface area (TPSA) is 64.9 Å². The lowest BCUT2D eigenvalue weighted by Crippen LogP contribution is -2.28. The number of hydrogen-bond donors (Lipinski definition) is 2. The van der Waals surface area contributed by atoms with Gasteiger partial charge in [0.25, 0.3) is 5.91 Å². The molecule has 1 amide bonds. The molecule has 26 heavy (non-hydrogen) atoms. The van der Waals surface area contributed by atoms with Gasteiger partial charge in [-0.3, -0.25) is 4.79 Å². The fourth-order valence-electron chi connectivity index (χ4n) is 2.54. The number of aryl methyl sites for hydroxylation is 3. The van der Waals surface area contributed by atoms with Crippen LogP contribution >= 0.6 is 0 Å². The maximum absolute atomic E-state index is 12.4. The first-order valence-corrected chi connectivity index (χ1v) is 8.78. The number of carbonyl (C=O) groups excluding carboxylic acids is 1. The van der Waals surface area contributed by atoms with Crippen LogP contribution in [0.25, 0.3) is 0 Å². The third-order valence-corrected chi connectivity index (χ3v) is 4.49. The van der Waals surface area contributed by atoms with Crippen molar-refractivity contribution in [3.05, 3.63) is 76.5 Å². The Bertz CT molecular complexity index is 845. The molecule has 1 unspecified atom stereocenters. The molecule has 0 aliphatic heterocycles. The highest BCUT2D eigenvalue weighted by atomic mass is 16.1. The maximum Gasteiger partial charge on any atom is 0.263 e. The van der Waals surface area contributed by atoms with Gasteiger partial charge >= 0.3 is 0 Å². The van der Waals surface area contributed by atoms with Crippen molar-refractivity contribution in [2.45, 2.75) is 40.2 Å². The lowest BCUT2D eigenvalue weighted by Gasteiger charge is -2.14. The fraction of sp³-hybridized carbons (Fsp3) is 0.273. The molecule has 2 aromatic carbocycles. The van der Waals surface area contributed by atoms with Gasteiger partial charge in [0.15, 0.2) is 0 Å². The number of benzene rings is 2. The van der Waals surface area contributed by atoms with Gasteiger partial charge < -0.3 is 10.6 Å². The smallest absolute Gasteiger partial charge is 0.263 e. The SMILES string of the molecule is CCc1ccc(C(C)NC(=O)/C(C#N)=C\Nc2ccc(C)c(C)c2)cc1. The van der Waals surface area contributed by atoms with Crippen LogP contribution in [0.1, 0.15) is 42.1 Å². The fourth-order valence-corrected chi connectivity index (χ4v) is 2.54. The molecular formula is C22H25N3O. The second kappa shape index (κ2) is 8.87. The summed E-state index contributed by atoms with van der Waals surface area (Å²) in [6.45, 7) is 8.07. The van der Waals surface area contributed by atoms with Crippen LogP contribution in [0.5, 0.6) is 0 Å². The average Bonchev–Trinajstić information content (AvgIpc) is 2.65. The van der Waals surface area contributed by atoms with Crippen molar-refractivity contribution in [3.63, 3.8) is 0 Å². The summed E-state index contributed by atoms with van der Waals surface area (Å²) in [4.78, 5) is 12.4. The van der Waals surface area contributed by atoms with Crippen LogP contribution in [0, 0.1) is 25.2 Å². The van der Waals surface area contributed by atoms with E-state index in [2.05, 4.69) is 29.7 Å². The Morgan fingerprint density at radius 2 is 1.85 bits per heavy atom. The molecule has 0 bridgehead atoms. The summed E-state index contributed by atoms with van der Waals surface area (Å²) >= 11 is 0. The van der Waals surface area contributed by atoms with Gasteiger partial charge in [-0.1, -0.05) is 37.3 Å². The van der Waals surface area contributed by atoms with Crippen molar-refractivity contribution in [1.82, 2.24) is 5.32 Å². The molecule has 0 fully saturated rings. The molecule has 134 valence electrons. The summed E-state index contributed by atoms with van der Waals surface area (Å²) in [7, 11) is 0. The summed E-state index contributed by atoms with van der Waals surface area (Å²) in [5.41, 5.74) is 5.49. The number of amides is 1. The van der Waals surface area contributed by atoms with E-state index in [1.165, 1.54) is 17.3 Å². The molecule has 2 rings (SSSR count). The number of hydrogen-bond acceptors (Lipinski definition) is 3. The number of nitriles is 1. The van der Waals surface area contributed by atoms with E-state index >= 15 is 0 Å². The number of nitrogens with one attached hydrogen (secondary N) is 2. The van der Waals surface area contributed by atoms with Gasteiger partial charge in [0.05, 0.1) is 6.04 Å². The number of anilines is 1. The normalized spacial score (nSPS) is 12.2. The van der Waals surface area contributed by atoms with Gasteiger partial charge in [-0.15, -0.1) is 0 Å². The summed E-state index contributed by atoms with van der Waals surface area (Å²) in [6.07, 6.45) is 2.43. The van der Waals surface area contributed by atoms with E-state index in [1.54, 1.807) is 0 Å². The van der Waals surface area contributed by atoms with Gasteiger partial charge in [-0.2, -0.15) is 5.26 Å². The highest BCUT2D eigenvalue weighted by Gasteiger charge is 2.13. The summed E-state index contributed by atoms with van der Waals surface area (Å²) < 4.78 is 0. The van der Waals surface area contributed by atoms with Crippen LogP contribution < -0.4 is 10.6 Å². The Hall–Kier alpha value is -3.06. The molecule has 2 aromatic rings. The molecule has 1 atom stereocenters. The molecule has 0 heterocycles. The van der Waals surface area contributed by atoms with Crippen molar-refractivity contribution in [1.29, 1.82) is 5.26 Å². The zero-order valence-corrected chi connectivity index (χ0v) is 15.8. The molecule has 2 N–H and O–H groups in total. The van der Waals surface area contributed by atoms with Gasteiger partial charge in [-0.25, -0.2) is 0 Å². The molecule has 4 nitrogen and oxygen atoms in total. The van der Waals surface area contributed by atoms with E-state index in [9.17, 15) is 10.1 Å². The molecule has 4 heteroatoms. The molecule has 0 aliphatic rings. The van der Waals surface area contributed by atoms with Crippen molar-refractivity contribution >= 4 is 11.6 Å². The predicted octanol–water partition coefficient (Wildman–Crippen LogP) is 4.56. The van der Waals surface area contributed by atoms with Gasteiger partial charge in [0, 0.05) is 11.9 Å². The Morgan fingerprint density at radius 1 is 1.15 bits per heavy atom. The summed E-state index contributed by atoms with van der Waals surface area (Å²) in [5.74, 6) is -0.393. The molecular weight excluding hydrogens is 322 g/mol. The number of nitrogens with zero attached hydrogens (tertiary/aromatic N) is 1. The van der Waals surface area contributed by atoms with Crippen molar-refractivity contribution in [3.8, 4) is 6.07 Å². The van der Waals surface area contributed by atoms with Crippen LogP contribution in [0.3, 0.4) is 0 Å². The third-order valence-electron chi connectivity index (χ3n) is 4.49. The lowest BCUT2D eigenvalue weighted by atomic mass is 10.0. The Morgan fingerprint density at radius 3 is 2.42 bits per heavy atom. The van der Waals surface area contributed by atoms with Crippen molar-refractivity contribution in [2.24, 2.45) is 0 Å². The second-order valence-electron chi connectivity index (χ2n) is 6.40. The zero-order valence-electron chi connectivity index (χ0n) is 15.8. The van der Waals surface area contributed by atoms with E-state index < -0.39 is 5.91 Å². The minimum Gasteiger partial charge on any atom is -0.360 e. The Labute approximate surface area is 155 Å². The van der Waals surface area contributed by atoms with Gasteiger partial charge in [0.2, 0.25) is 0 Å². The maximum atomic E-state index is 12.4. The van der Waals surface area contributed by atoms with Crippen LogP contribution in [0.15, 0.2) is 54.2 Å². The van der Waals surface area contributed by atoms with Crippen LogP contribution in [0.2, 0.25) is 0 Å². The molecule has 0 aliphatic carbocycles.